The van der Waals surface area contributed by atoms with Gasteiger partial charge in [0.2, 0.25) is 11.7 Å². The highest BCUT2D eigenvalue weighted by atomic mass is 32.2. The van der Waals surface area contributed by atoms with Gasteiger partial charge in [-0.05, 0) is 35.4 Å². The molecule has 2 aromatic rings. The lowest BCUT2D eigenvalue weighted by molar-refractivity contribution is 0.253. The van der Waals surface area contributed by atoms with Gasteiger partial charge >= 0.3 is 0 Å². The lowest BCUT2D eigenvalue weighted by Gasteiger charge is -2.23. The highest BCUT2D eigenvalue weighted by molar-refractivity contribution is 7.99. The van der Waals surface area contributed by atoms with Crippen molar-refractivity contribution in [3.8, 4) is 11.4 Å². The fourth-order valence-corrected chi connectivity index (χ4v) is 2.38. The minimum absolute atomic E-state index is 0.106. The number of thioether (sulfide) groups is 1. The molecule has 0 fully saturated rings. The maximum Gasteiger partial charge on any atom is 0.244 e. The molecule has 0 amide bonds. The molecule has 0 aliphatic rings. The molecular formula is C15H21N3OS. The van der Waals surface area contributed by atoms with Crippen molar-refractivity contribution in [3.63, 3.8) is 0 Å². The van der Waals surface area contributed by atoms with Crippen molar-refractivity contribution in [2.75, 3.05) is 5.75 Å². The lowest BCUT2D eigenvalue weighted by Crippen LogP contribution is -2.26. The van der Waals surface area contributed by atoms with Crippen LogP contribution in [0.15, 0.2) is 33.7 Å². The van der Waals surface area contributed by atoms with Gasteiger partial charge in [0.25, 0.3) is 0 Å². The summed E-state index contributed by atoms with van der Waals surface area (Å²) in [4.78, 5) is 5.65. The van der Waals surface area contributed by atoms with Gasteiger partial charge in [-0.15, -0.1) is 11.8 Å². The third-order valence-electron chi connectivity index (χ3n) is 3.06. The second-order valence-electron chi connectivity index (χ2n) is 5.76. The zero-order chi connectivity index (χ0) is 14.8. The Morgan fingerprint density at radius 1 is 1.25 bits per heavy atom. The first kappa shape index (κ1) is 15.1. The monoisotopic (exact) mass is 291 g/mol. The Morgan fingerprint density at radius 3 is 2.45 bits per heavy atom. The molecule has 108 valence electrons. The minimum atomic E-state index is -0.265. The first-order valence-electron chi connectivity index (χ1n) is 6.74. The van der Waals surface area contributed by atoms with Crippen molar-refractivity contribution in [2.45, 2.75) is 38.6 Å². The number of benzene rings is 1. The van der Waals surface area contributed by atoms with E-state index in [1.807, 2.05) is 23.9 Å². The molecule has 0 radical (unpaired) electrons. The molecule has 0 aliphatic carbocycles. The molecule has 0 spiro atoms. The summed E-state index contributed by atoms with van der Waals surface area (Å²) in [6.45, 7) is 8.30. The van der Waals surface area contributed by atoms with E-state index in [4.69, 9.17) is 10.3 Å². The Morgan fingerprint density at radius 2 is 1.90 bits per heavy atom. The summed E-state index contributed by atoms with van der Waals surface area (Å²) >= 11 is 1.81. The summed E-state index contributed by atoms with van der Waals surface area (Å²) in [5.74, 6) is 2.14. The Bertz CT molecular complexity index is 557. The second-order valence-corrected chi connectivity index (χ2v) is 7.09. The largest absolute Gasteiger partial charge is 0.337 e. The van der Waals surface area contributed by atoms with Gasteiger partial charge in [-0.2, -0.15) is 4.98 Å². The third kappa shape index (κ3) is 3.41. The van der Waals surface area contributed by atoms with E-state index in [0.717, 1.165) is 11.3 Å². The van der Waals surface area contributed by atoms with E-state index in [1.54, 1.807) is 0 Å². The van der Waals surface area contributed by atoms with Crippen molar-refractivity contribution in [1.29, 1.82) is 0 Å². The third-order valence-corrected chi connectivity index (χ3v) is 3.96. The quantitative estimate of drug-likeness (QED) is 0.866. The van der Waals surface area contributed by atoms with Crippen LogP contribution in [0.5, 0.6) is 0 Å². The van der Waals surface area contributed by atoms with Crippen molar-refractivity contribution in [3.05, 3.63) is 30.2 Å². The first-order chi connectivity index (χ1) is 9.41. The maximum absolute atomic E-state index is 6.13. The van der Waals surface area contributed by atoms with Gasteiger partial charge < -0.3 is 10.3 Å². The Balaban J connectivity index is 2.20. The Kier molecular flexibility index (Phi) is 4.50. The van der Waals surface area contributed by atoms with Gasteiger partial charge in [0.15, 0.2) is 0 Å². The van der Waals surface area contributed by atoms with E-state index in [-0.39, 0.29) is 11.5 Å². The highest BCUT2D eigenvalue weighted by Crippen LogP contribution is 2.30. The molecule has 2 rings (SSSR count). The predicted molar refractivity (Wildman–Crippen MR) is 82.5 cm³/mol. The van der Waals surface area contributed by atoms with E-state index in [2.05, 4.69) is 50.0 Å². The molecule has 1 atom stereocenters. The lowest BCUT2D eigenvalue weighted by atomic mass is 9.87. The van der Waals surface area contributed by atoms with E-state index in [9.17, 15) is 0 Å². The average molecular weight is 291 g/mol. The predicted octanol–water partition coefficient (Wildman–Crippen LogP) is 3.89. The molecule has 0 saturated carbocycles. The van der Waals surface area contributed by atoms with Gasteiger partial charge in [-0.3, -0.25) is 0 Å². The second kappa shape index (κ2) is 5.97. The molecule has 0 unspecified atom stereocenters. The van der Waals surface area contributed by atoms with Crippen LogP contribution >= 0.6 is 11.8 Å². The van der Waals surface area contributed by atoms with Crippen LogP contribution in [0.3, 0.4) is 0 Å². The number of rotatable bonds is 4. The smallest absolute Gasteiger partial charge is 0.244 e. The molecule has 2 N–H and O–H groups in total. The van der Waals surface area contributed by atoms with Gasteiger partial charge in [0.1, 0.15) is 0 Å². The molecule has 20 heavy (non-hydrogen) atoms. The number of hydrogen-bond donors (Lipinski definition) is 1. The summed E-state index contributed by atoms with van der Waals surface area (Å²) < 4.78 is 5.29. The van der Waals surface area contributed by atoms with E-state index >= 15 is 0 Å². The molecule has 1 aromatic carbocycles. The molecule has 4 nitrogen and oxygen atoms in total. The average Bonchev–Trinajstić information content (AvgIpc) is 2.87. The summed E-state index contributed by atoms with van der Waals surface area (Å²) in [7, 11) is 0. The zero-order valence-electron chi connectivity index (χ0n) is 12.4. The number of aromatic nitrogens is 2. The number of nitrogens with zero attached hydrogens (tertiary/aromatic N) is 2. The van der Waals surface area contributed by atoms with Crippen LogP contribution in [0, 0.1) is 5.41 Å². The molecule has 0 saturated heterocycles. The first-order valence-corrected chi connectivity index (χ1v) is 7.73. The van der Waals surface area contributed by atoms with Crippen LogP contribution in [0.25, 0.3) is 11.4 Å². The maximum atomic E-state index is 6.13. The topological polar surface area (TPSA) is 64.9 Å². The van der Waals surface area contributed by atoms with Crippen molar-refractivity contribution in [1.82, 2.24) is 10.1 Å². The molecule has 0 aliphatic heterocycles. The Hall–Kier alpha value is -1.33. The van der Waals surface area contributed by atoms with Gasteiger partial charge in [0, 0.05) is 10.5 Å². The summed E-state index contributed by atoms with van der Waals surface area (Å²) in [5.41, 5.74) is 6.97. The van der Waals surface area contributed by atoms with Crippen LogP contribution in [0.1, 0.15) is 39.6 Å². The van der Waals surface area contributed by atoms with E-state index < -0.39 is 0 Å². The summed E-state index contributed by atoms with van der Waals surface area (Å²) in [6.07, 6.45) is 0. The molecule has 0 bridgehead atoms. The SMILES string of the molecule is CCSc1ccc(-c2noc([C@@H](N)C(C)(C)C)n2)cc1. The van der Waals surface area contributed by atoms with Crippen molar-refractivity contribution >= 4 is 11.8 Å². The van der Waals surface area contributed by atoms with E-state index in [0.29, 0.717) is 11.7 Å². The minimum Gasteiger partial charge on any atom is -0.337 e. The Labute approximate surface area is 124 Å². The number of nitrogens with two attached hydrogens (primary N) is 1. The normalized spacial score (nSPS) is 13.4. The van der Waals surface area contributed by atoms with Crippen LogP contribution in [0.4, 0.5) is 0 Å². The van der Waals surface area contributed by atoms with Gasteiger partial charge in [-0.25, -0.2) is 0 Å². The van der Waals surface area contributed by atoms with Crippen molar-refractivity contribution in [2.24, 2.45) is 11.1 Å². The fraction of sp³-hybridized carbons (Fsp3) is 0.467. The summed E-state index contributed by atoms with van der Waals surface area (Å²) in [6, 6.07) is 7.90. The van der Waals surface area contributed by atoms with Crippen LogP contribution in [-0.2, 0) is 0 Å². The van der Waals surface area contributed by atoms with Crippen molar-refractivity contribution < 1.29 is 4.52 Å². The number of hydrogen-bond acceptors (Lipinski definition) is 5. The molecular weight excluding hydrogens is 270 g/mol. The standard InChI is InChI=1S/C15H21N3OS/c1-5-20-11-8-6-10(7-9-11)13-17-14(19-18-13)12(16)15(2,3)4/h6-9,12H,5,16H2,1-4H3/t12-/m1/s1. The van der Waals surface area contributed by atoms with Gasteiger partial charge in [-0.1, -0.05) is 32.9 Å². The highest BCUT2D eigenvalue weighted by Gasteiger charge is 2.27. The molecule has 1 aromatic heterocycles. The van der Waals surface area contributed by atoms with Crippen LogP contribution in [0.2, 0.25) is 0 Å². The van der Waals surface area contributed by atoms with Crippen LogP contribution in [-0.4, -0.2) is 15.9 Å². The zero-order valence-corrected chi connectivity index (χ0v) is 13.2. The summed E-state index contributed by atoms with van der Waals surface area (Å²) in [5, 5.41) is 4.02. The fourth-order valence-electron chi connectivity index (χ4n) is 1.72. The molecule has 5 heteroatoms. The van der Waals surface area contributed by atoms with Crippen LogP contribution < -0.4 is 5.73 Å². The van der Waals surface area contributed by atoms with E-state index in [1.165, 1.54) is 4.90 Å². The van der Waals surface area contributed by atoms with Gasteiger partial charge in [0.05, 0.1) is 6.04 Å². The molecule has 1 heterocycles.